The van der Waals surface area contributed by atoms with Crippen LogP contribution in [0.5, 0.6) is 0 Å². The van der Waals surface area contributed by atoms with Crippen molar-refractivity contribution in [3.63, 3.8) is 0 Å². The van der Waals surface area contributed by atoms with Crippen molar-refractivity contribution in [2.75, 3.05) is 11.9 Å². The number of fused-ring (bicyclic) bond motifs is 2. The third-order valence-electron chi connectivity index (χ3n) is 5.06. The smallest absolute Gasteiger partial charge is 0.173 e. The van der Waals surface area contributed by atoms with Crippen molar-refractivity contribution in [2.45, 2.75) is 25.3 Å². The van der Waals surface area contributed by atoms with E-state index >= 15 is 0 Å². The fourth-order valence-electron chi connectivity index (χ4n) is 3.64. The average molecular weight is 385 g/mol. The standard InChI is InChI=1S/C19H17FN4S2/c1-10-11(4-6-21-10)16-8-12-13(5-7-22-19(12)26-16)24-14-2-3-15-18(17(14)20)23-9-25-15/h2-3,5,7-11,21H,4,6H2,1H3,(H,22,24)/t10-,11+/m0/s1. The number of pyridine rings is 1. The molecule has 4 nitrogen and oxygen atoms in total. The summed E-state index contributed by atoms with van der Waals surface area (Å²) >= 11 is 3.18. The summed E-state index contributed by atoms with van der Waals surface area (Å²) in [5, 5.41) is 7.80. The van der Waals surface area contributed by atoms with Crippen LogP contribution < -0.4 is 10.6 Å². The van der Waals surface area contributed by atoms with Gasteiger partial charge in [0.25, 0.3) is 0 Å². The van der Waals surface area contributed by atoms with E-state index in [0.717, 1.165) is 33.6 Å². The highest BCUT2D eigenvalue weighted by molar-refractivity contribution is 7.18. The topological polar surface area (TPSA) is 49.8 Å². The van der Waals surface area contributed by atoms with Crippen molar-refractivity contribution in [3.8, 4) is 0 Å². The number of rotatable bonds is 3. The maximum atomic E-state index is 14.8. The molecule has 0 unspecified atom stereocenters. The second kappa shape index (κ2) is 6.26. The summed E-state index contributed by atoms with van der Waals surface area (Å²) in [6.45, 7) is 3.28. The molecule has 0 radical (unpaired) electrons. The fourth-order valence-corrected chi connectivity index (χ4v) is 5.58. The Morgan fingerprint density at radius 2 is 2.15 bits per heavy atom. The molecule has 0 spiro atoms. The highest BCUT2D eigenvalue weighted by atomic mass is 32.1. The molecule has 7 heteroatoms. The van der Waals surface area contributed by atoms with Crippen molar-refractivity contribution in [1.29, 1.82) is 0 Å². The highest BCUT2D eigenvalue weighted by Gasteiger charge is 2.26. The number of anilines is 2. The second-order valence-electron chi connectivity index (χ2n) is 6.62. The van der Waals surface area contributed by atoms with E-state index in [1.54, 1.807) is 29.1 Å². The van der Waals surface area contributed by atoms with Gasteiger partial charge in [0, 0.05) is 28.4 Å². The Kier molecular flexibility index (Phi) is 3.88. The summed E-state index contributed by atoms with van der Waals surface area (Å²) in [5.74, 6) is 0.211. The van der Waals surface area contributed by atoms with Gasteiger partial charge in [0.2, 0.25) is 0 Å². The zero-order valence-electron chi connectivity index (χ0n) is 14.1. The molecular weight excluding hydrogens is 367 g/mol. The number of aromatic nitrogens is 2. The first-order valence-electron chi connectivity index (χ1n) is 8.61. The molecule has 1 aliphatic heterocycles. The number of benzene rings is 1. The van der Waals surface area contributed by atoms with E-state index in [4.69, 9.17) is 0 Å². The summed E-state index contributed by atoms with van der Waals surface area (Å²) in [6, 6.07) is 8.27. The molecule has 1 saturated heterocycles. The lowest BCUT2D eigenvalue weighted by Crippen LogP contribution is -2.20. The first kappa shape index (κ1) is 16.1. The number of nitrogens with zero attached hydrogens (tertiary/aromatic N) is 2. The molecule has 4 aromatic rings. The summed E-state index contributed by atoms with van der Waals surface area (Å²) in [5.41, 5.74) is 3.41. The van der Waals surface area contributed by atoms with Crippen LogP contribution in [0.15, 0.2) is 36.0 Å². The molecule has 132 valence electrons. The van der Waals surface area contributed by atoms with Gasteiger partial charge in [0.05, 0.1) is 21.6 Å². The van der Waals surface area contributed by atoms with Gasteiger partial charge >= 0.3 is 0 Å². The molecule has 0 aliphatic carbocycles. The highest BCUT2D eigenvalue weighted by Crippen LogP contribution is 2.39. The van der Waals surface area contributed by atoms with Crippen molar-refractivity contribution in [1.82, 2.24) is 15.3 Å². The lowest BCUT2D eigenvalue weighted by molar-refractivity contribution is 0.602. The van der Waals surface area contributed by atoms with Crippen molar-refractivity contribution in [2.24, 2.45) is 0 Å². The minimum absolute atomic E-state index is 0.308. The van der Waals surface area contributed by atoms with Crippen LogP contribution in [-0.4, -0.2) is 22.6 Å². The summed E-state index contributed by atoms with van der Waals surface area (Å²) in [4.78, 5) is 11.0. The van der Waals surface area contributed by atoms with Crippen molar-refractivity contribution in [3.05, 3.63) is 46.7 Å². The Morgan fingerprint density at radius 3 is 3.00 bits per heavy atom. The van der Waals surface area contributed by atoms with E-state index in [2.05, 4.69) is 33.6 Å². The van der Waals surface area contributed by atoms with Crippen LogP contribution in [0, 0.1) is 5.82 Å². The zero-order chi connectivity index (χ0) is 17.7. The number of thiazole rings is 1. The Morgan fingerprint density at radius 1 is 1.23 bits per heavy atom. The Balaban J connectivity index is 1.55. The molecule has 2 N–H and O–H groups in total. The molecule has 0 saturated carbocycles. The number of nitrogens with one attached hydrogen (secondary N) is 2. The molecule has 2 atom stereocenters. The van der Waals surface area contributed by atoms with E-state index in [9.17, 15) is 4.39 Å². The molecular formula is C19H17FN4S2. The Bertz CT molecular complexity index is 1100. The SMILES string of the molecule is C[C@@H]1NCC[C@H]1c1cc2c(Nc3ccc4scnc4c3F)ccnc2s1. The predicted octanol–water partition coefficient (Wildman–Crippen LogP) is 5.25. The molecule has 0 amide bonds. The van der Waals surface area contributed by atoms with Gasteiger partial charge in [0.15, 0.2) is 5.82 Å². The number of halogens is 1. The third kappa shape index (κ3) is 2.58. The second-order valence-corrected chi connectivity index (χ2v) is 8.56. The lowest BCUT2D eigenvalue weighted by atomic mass is 10.00. The normalized spacial score (nSPS) is 20.2. The van der Waals surface area contributed by atoms with Crippen LogP contribution in [0.4, 0.5) is 15.8 Å². The molecule has 1 aromatic carbocycles. The maximum absolute atomic E-state index is 14.8. The van der Waals surface area contributed by atoms with E-state index in [1.165, 1.54) is 16.2 Å². The fraction of sp³-hybridized carbons (Fsp3) is 0.263. The van der Waals surface area contributed by atoms with Gasteiger partial charge in [0.1, 0.15) is 10.3 Å². The first-order valence-corrected chi connectivity index (χ1v) is 10.3. The van der Waals surface area contributed by atoms with Crippen LogP contribution in [0.3, 0.4) is 0 Å². The third-order valence-corrected chi connectivity index (χ3v) is 7.02. The van der Waals surface area contributed by atoms with Crippen LogP contribution in [0.2, 0.25) is 0 Å². The van der Waals surface area contributed by atoms with Crippen LogP contribution in [0.1, 0.15) is 24.1 Å². The van der Waals surface area contributed by atoms with E-state index in [-0.39, 0.29) is 5.82 Å². The van der Waals surface area contributed by atoms with Gasteiger partial charge in [-0.2, -0.15) is 0 Å². The first-order chi connectivity index (χ1) is 12.7. The van der Waals surface area contributed by atoms with Crippen molar-refractivity contribution >= 4 is 54.5 Å². The van der Waals surface area contributed by atoms with Gasteiger partial charge < -0.3 is 10.6 Å². The largest absolute Gasteiger partial charge is 0.352 e. The molecule has 3 aromatic heterocycles. The number of hydrogen-bond donors (Lipinski definition) is 2. The van der Waals surface area contributed by atoms with Gasteiger partial charge in [-0.05, 0) is 44.2 Å². The average Bonchev–Trinajstić information content (AvgIpc) is 3.36. The Hall–Kier alpha value is -2.09. The molecule has 1 aliphatic rings. The minimum Gasteiger partial charge on any atom is -0.352 e. The molecule has 0 bridgehead atoms. The monoisotopic (exact) mass is 384 g/mol. The zero-order valence-corrected chi connectivity index (χ0v) is 15.8. The summed E-state index contributed by atoms with van der Waals surface area (Å²) in [7, 11) is 0. The summed E-state index contributed by atoms with van der Waals surface area (Å²) < 4.78 is 15.6. The predicted molar refractivity (Wildman–Crippen MR) is 107 cm³/mol. The van der Waals surface area contributed by atoms with Crippen LogP contribution in [-0.2, 0) is 0 Å². The molecule has 4 heterocycles. The Labute approximate surface area is 158 Å². The molecule has 26 heavy (non-hydrogen) atoms. The van der Waals surface area contributed by atoms with Gasteiger partial charge in [-0.25, -0.2) is 14.4 Å². The number of hydrogen-bond acceptors (Lipinski definition) is 6. The lowest BCUT2D eigenvalue weighted by Gasteiger charge is -2.12. The maximum Gasteiger partial charge on any atom is 0.173 e. The number of thiophene rings is 1. The minimum atomic E-state index is -0.308. The van der Waals surface area contributed by atoms with E-state index in [1.807, 2.05) is 12.1 Å². The molecule has 5 rings (SSSR count). The summed E-state index contributed by atoms with van der Waals surface area (Å²) in [6.07, 6.45) is 2.92. The van der Waals surface area contributed by atoms with Gasteiger partial charge in [-0.3, -0.25) is 0 Å². The van der Waals surface area contributed by atoms with E-state index < -0.39 is 0 Å². The van der Waals surface area contributed by atoms with Gasteiger partial charge in [-0.15, -0.1) is 22.7 Å². The van der Waals surface area contributed by atoms with E-state index in [0.29, 0.717) is 23.2 Å². The van der Waals surface area contributed by atoms with Crippen LogP contribution >= 0.6 is 22.7 Å². The quantitative estimate of drug-likeness (QED) is 0.506. The molecule has 1 fully saturated rings. The van der Waals surface area contributed by atoms with Gasteiger partial charge in [-0.1, -0.05) is 0 Å². The van der Waals surface area contributed by atoms with Crippen molar-refractivity contribution < 1.29 is 4.39 Å². The van der Waals surface area contributed by atoms with Crippen LogP contribution in [0.25, 0.3) is 20.4 Å².